The molecule has 2 fully saturated rings. The number of imide groups is 1. The second kappa shape index (κ2) is 7.11. The number of likely N-dealkylation sites (tertiary alicyclic amines) is 1. The van der Waals surface area contributed by atoms with Crippen LogP contribution in [0, 0.1) is 0 Å². The lowest BCUT2D eigenvalue weighted by atomic mass is 9.97. The molecule has 0 bridgehead atoms. The molecule has 0 spiro atoms. The van der Waals surface area contributed by atoms with Gasteiger partial charge in [0.25, 0.3) is 5.91 Å². The fourth-order valence-electron chi connectivity index (χ4n) is 4.31. The van der Waals surface area contributed by atoms with E-state index in [1.165, 1.54) is 9.60 Å². The third kappa shape index (κ3) is 3.02. The molecule has 0 radical (unpaired) electrons. The zero-order chi connectivity index (χ0) is 19.1. The standard InChI is InChI=1S/C22H21N3O2S/c26-20-13-18(22(27)25(20)16-8-2-1-3-9-16)24-12-6-7-15(14-24)21-23-17-10-4-5-11-19(17)28-21/h1-5,8-11,15,18H,6-7,12-14H2/t15-,18+/m1/s1. The molecular weight excluding hydrogens is 370 g/mol. The number of benzene rings is 2. The number of fused-ring (bicyclic) bond motifs is 1. The lowest BCUT2D eigenvalue weighted by Gasteiger charge is -2.34. The fraction of sp³-hybridized carbons (Fsp3) is 0.318. The number of hydrogen-bond acceptors (Lipinski definition) is 5. The summed E-state index contributed by atoms with van der Waals surface area (Å²) in [5, 5.41) is 1.14. The van der Waals surface area contributed by atoms with Crippen LogP contribution in [0.4, 0.5) is 5.69 Å². The van der Waals surface area contributed by atoms with Crippen LogP contribution in [-0.2, 0) is 9.59 Å². The van der Waals surface area contributed by atoms with Gasteiger partial charge in [0.1, 0.15) is 0 Å². The summed E-state index contributed by atoms with van der Waals surface area (Å²) in [4.78, 5) is 34.0. The van der Waals surface area contributed by atoms with Crippen molar-refractivity contribution in [2.75, 3.05) is 18.0 Å². The number of carbonyl (C=O) groups excluding carboxylic acids is 2. The van der Waals surface area contributed by atoms with E-state index in [1.54, 1.807) is 11.3 Å². The number of para-hydroxylation sites is 2. The normalized spacial score (nSPS) is 23.6. The highest BCUT2D eigenvalue weighted by Crippen LogP contribution is 2.35. The van der Waals surface area contributed by atoms with Crippen LogP contribution >= 0.6 is 11.3 Å². The van der Waals surface area contributed by atoms with E-state index in [4.69, 9.17) is 4.98 Å². The molecule has 2 amide bonds. The van der Waals surface area contributed by atoms with Crippen molar-refractivity contribution in [1.29, 1.82) is 0 Å². The van der Waals surface area contributed by atoms with Crippen LogP contribution in [0.1, 0.15) is 30.2 Å². The minimum Gasteiger partial charge on any atom is -0.291 e. The van der Waals surface area contributed by atoms with Gasteiger partial charge in [-0.05, 0) is 43.7 Å². The zero-order valence-corrected chi connectivity index (χ0v) is 16.3. The molecular formula is C22H21N3O2S. The van der Waals surface area contributed by atoms with Gasteiger partial charge in [-0.3, -0.25) is 14.5 Å². The topological polar surface area (TPSA) is 53.5 Å². The molecule has 0 aliphatic carbocycles. The van der Waals surface area contributed by atoms with E-state index in [2.05, 4.69) is 11.0 Å². The summed E-state index contributed by atoms with van der Waals surface area (Å²) in [6.07, 6.45) is 2.36. The van der Waals surface area contributed by atoms with Crippen molar-refractivity contribution in [3.63, 3.8) is 0 Å². The summed E-state index contributed by atoms with van der Waals surface area (Å²) in [7, 11) is 0. The number of hydrogen-bond donors (Lipinski definition) is 0. The summed E-state index contributed by atoms with van der Waals surface area (Å²) < 4.78 is 1.21. The largest absolute Gasteiger partial charge is 0.291 e. The first-order valence-electron chi connectivity index (χ1n) is 9.72. The molecule has 6 heteroatoms. The predicted molar refractivity (Wildman–Crippen MR) is 111 cm³/mol. The molecule has 2 aromatic carbocycles. The smallest absolute Gasteiger partial charge is 0.251 e. The Labute approximate surface area is 167 Å². The van der Waals surface area contributed by atoms with E-state index in [9.17, 15) is 9.59 Å². The number of carbonyl (C=O) groups is 2. The first-order chi connectivity index (χ1) is 13.7. The maximum Gasteiger partial charge on any atom is 0.251 e. The maximum absolute atomic E-state index is 13.1. The molecule has 3 heterocycles. The first kappa shape index (κ1) is 17.5. The summed E-state index contributed by atoms with van der Waals surface area (Å²) in [6, 6.07) is 17.1. The average Bonchev–Trinajstić information content (AvgIpc) is 3.29. The van der Waals surface area contributed by atoms with E-state index < -0.39 is 0 Å². The van der Waals surface area contributed by atoms with Gasteiger partial charge in [-0.15, -0.1) is 11.3 Å². The molecule has 3 aromatic rings. The second-order valence-electron chi connectivity index (χ2n) is 7.48. The number of thiazole rings is 1. The third-order valence-electron chi connectivity index (χ3n) is 5.69. The van der Waals surface area contributed by atoms with Crippen molar-refractivity contribution in [3.05, 3.63) is 59.6 Å². The van der Waals surface area contributed by atoms with Crippen molar-refractivity contribution in [2.45, 2.75) is 31.2 Å². The number of rotatable bonds is 3. The number of aromatic nitrogens is 1. The summed E-state index contributed by atoms with van der Waals surface area (Å²) in [5.74, 6) is 0.115. The molecule has 0 unspecified atom stereocenters. The number of amides is 2. The molecule has 0 saturated carbocycles. The van der Waals surface area contributed by atoms with Crippen LogP contribution in [-0.4, -0.2) is 40.8 Å². The Morgan fingerprint density at radius 2 is 1.79 bits per heavy atom. The summed E-state index contributed by atoms with van der Waals surface area (Å²) in [6.45, 7) is 1.64. The minimum absolute atomic E-state index is 0.0962. The van der Waals surface area contributed by atoms with Crippen LogP contribution in [0.5, 0.6) is 0 Å². The third-order valence-corrected chi connectivity index (χ3v) is 6.89. The van der Waals surface area contributed by atoms with Crippen LogP contribution in [0.25, 0.3) is 10.2 Å². The Hall–Kier alpha value is -2.57. The average molecular weight is 391 g/mol. The molecule has 2 aliphatic rings. The van der Waals surface area contributed by atoms with E-state index in [-0.39, 0.29) is 24.3 Å². The van der Waals surface area contributed by atoms with Crippen LogP contribution in [0.15, 0.2) is 54.6 Å². The van der Waals surface area contributed by atoms with E-state index >= 15 is 0 Å². The predicted octanol–water partition coefficient (Wildman–Crippen LogP) is 3.81. The monoisotopic (exact) mass is 391 g/mol. The Morgan fingerprint density at radius 3 is 2.61 bits per heavy atom. The van der Waals surface area contributed by atoms with Crippen LogP contribution < -0.4 is 4.90 Å². The van der Waals surface area contributed by atoms with Gasteiger partial charge < -0.3 is 0 Å². The van der Waals surface area contributed by atoms with Gasteiger partial charge >= 0.3 is 0 Å². The molecule has 0 N–H and O–H groups in total. The van der Waals surface area contributed by atoms with Crippen molar-refractivity contribution in [3.8, 4) is 0 Å². The lowest BCUT2D eigenvalue weighted by Crippen LogP contribution is -2.46. The van der Waals surface area contributed by atoms with Crippen LogP contribution in [0.3, 0.4) is 0 Å². The quantitative estimate of drug-likeness (QED) is 0.637. The number of piperidine rings is 1. The maximum atomic E-state index is 13.1. The molecule has 1 aromatic heterocycles. The molecule has 5 nitrogen and oxygen atoms in total. The van der Waals surface area contributed by atoms with E-state index in [0.29, 0.717) is 11.6 Å². The van der Waals surface area contributed by atoms with Gasteiger partial charge in [0, 0.05) is 12.5 Å². The first-order valence-corrected chi connectivity index (χ1v) is 10.5. The highest BCUT2D eigenvalue weighted by atomic mass is 32.1. The fourth-order valence-corrected chi connectivity index (χ4v) is 5.40. The highest BCUT2D eigenvalue weighted by Gasteiger charge is 2.44. The van der Waals surface area contributed by atoms with Crippen LogP contribution in [0.2, 0.25) is 0 Å². The second-order valence-corrected chi connectivity index (χ2v) is 8.54. The molecule has 5 rings (SSSR count). The van der Waals surface area contributed by atoms with Gasteiger partial charge in [-0.25, -0.2) is 9.88 Å². The van der Waals surface area contributed by atoms with Gasteiger partial charge in [0.05, 0.1) is 33.4 Å². The Morgan fingerprint density at radius 1 is 1.00 bits per heavy atom. The Balaban J connectivity index is 1.36. The van der Waals surface area contributed by atoms with Gasteiger partial charge in [-0.2, -0.15) is 0 Å². The van der Waals surface area contributed by atoms with E-state index in [1.807, 2.05) is 48.5 Å². The molecule has 28 heavy (non-hydrogen) atoms. The van der Waals surface area contributed by atoms with Gasteiger partial charge in [-0.1, -0.05) is 30.3 Å². The van der Waals surface area contributed by atoms with Crippen molar-refractivity contribution in [2.24, 2.45) is 0 Å². The van der Waals surface area contributed by atoms with Crippen molar-refractivity contribution < 1.29 is 9.59 Å². The molecule has 2 atom stereocenters. The summed E-state index contributed by atoms with van der Waals surface area (Å²) >= 11 is 1.75. The lowest BCUT2D eigenvalue weighted by molar-refractivity contribution is -0.123. The van der Waals surface area contributed by atoms with Crippen molar-refractivity contribution in [1.82, 2.24) is 9.88 Å². The van der Waals surface area contributed by atoms with Gasteiger partial charge in [0.15, 0.2) is 0 Å². The molecule has 2 saturated heterocycles. The van der Waals surface area contributed by atoms with Crippen molar-refractivity contribution >= 4 is 39.1 Å². The molecule has 142 valence electrons. The SMILES string of the molecule is O=C1C[C@H](N2CCC[C@@H](c3nc4ccccc4s3)C2)C(=O)N1c1ccccc1. The number of nitrogens with zero attached hydrogens (tertiary/aromatic N) is 3. The highest BCUT2D eigenvalue weighted by molar-refractivity contribution is 7.18. The number of anilines is 1. The van der Waals surface area contributed by atoms with E-state index in [0.717, 1.165) is 36.5 Å². The zero-order valence-electron chi connectivity index (χ0n) is 15.5. The summed E-state index contributed by atoms with van der Waals surface area (Å²) in [5.41, 5.74) is 1.71. The Bertz CT molecular complexity index is 999. The minimum atomic E-state index is -0.357. The molecule has 2 aliphatic heterocycles. The van der Waals surface area contributed by atoms with Gasteiger partial charge in [0.2, 0.25) is 5.91 Å². The Kier molecular flexibility index (Phi) is 4.45.